The number of hydrogen-bond donors (Lipinski definition) is 3. The van der Waals surface area contributed by atoms with E-state index >= 15 is 0 Å². The molecular weight excluding hydrogens is 412 g/mol. The van der Waals surface area contributed by atoms with Gasteiger partial charge in [-0.05, 0) is 0 Å². The quantitative estimate of drug-likeness (QED) is 0.336. The first-order valence-electron chi connectivity index (χ1n) is 1.28. The van der Waals surface area contributed by atoms with Crippen molar-refractivity contribution in [3.05, 3.63) is 0 Å². The molecule has 0 aliphatic rings. The summed E-state index contributed by atoms with van der Waals surface area (Å²) in [5.74, 6) is 0. The Bertz CT molecular complexity index is 148. The van der Waals surface area contributed by atoms with Crippen molar-refractivity contribution in [1.82, 2.24) is 0 Å². The van der Waals surface area contributed by atoms with Crippen molar-refractivity contribution >= 4 is 7.82 Å². The summed E-state index contributed by atoms with van der Waals surface area (Å²) in [7, 11) is -4.64. The Hall–Kier alpha value is 2.16. The molecule has 0 saturated heterocycles. The minimum absolute atomic E-state index is 0. The molecule has 0 unspecified atom stereocenters. The van der Waals surface area contributed by atoms with Gasteiger partial charge in [-0.1, -0.05) is 0 Å². The average molecular weight is 415 g/mol. The van der Waals surface area contributed by atoms with E-state index in [9.17, 15) is 0 Å². The van der Waals surface area contributed by atoms with Crippen LogP contribution >= 0.6 is 7.82 Å². The molecule has 0 aliphatic carbocycles. The van der Waals surface area contributed by atoms with Crippen LogP contribution in [-0.2, 0) is 29.0 Å². The molecule has 0 aromatic heterocycles. The average Bonchev–Trinajstić information content (AvgIpc) is 1.19. The van der Waals surface area contributed by atoms with Crippen LogP contribution < -0.4 is 61.9 Å². The Kier molecular flexibility index (Phi) is 16.7. The largest absolute Gasteiger partial charge is 1.00 e. The van der Waals surface area contributed by atoms with E-state index in [0.717, 1.165) is 0 Å². The van der Waals surface area contributed by atoms with Gasteiger partial charge in [-0.2, -0.15) is 0 Å². The molecule has 0 aliphatic heterocycles. The maximum absolute atomic E-state index is 8.88. The van der Waals surface area contributed by atoms with Crippen LogP contribution in [0.15, 0.2) is 0 Å². The van der Waals surface area contributed by atoms with Gasteiger partial charge in [-0.25, -0.2) is 4.57 Å². The second-order valence-corrected chi connectivity index (χ2v) is 3.21. The molecular formula is H3O7PRbW. The Morgan fingerprint density at radius 2 is 1.20 bits per heavy atom. The zero-order valence-corrected chi connectivity index (χ0v) is 13.6. The first kappa shape index (κ1) is 18.1. The van der Waals surface area contributed by atoms with E-state index < -0.39 is 25.4 Å². The van der Waals surface area contributed by atoms with Gasteiger partial charge in [0.1, 0.15) is 0 Å². The third-order valence-corrected chi connectivity index (χ3v) is 0. The molecule has 57 valence electrons. The van der Waals surface area contributed by atoms with Crippen molar-refractivity contribution in [2.24, 2.45) is 0 Å². The zero-order chi connectivity index (χ0) is 8.08. The van der Waals surface area contributed by atoms with Crippen molar-refractivity contribution in [3.63, 3.8) is 0 Å². The third-order valence-electron chi connectivity index (χ3n) is 0. The molecule has 0 spiro atoms. The second kappa shape index (κ2) is 9.25. The van der Waals surface area contributed by atoms with E-state index in [4.69, 9.17) is 29.8 Å². The fourth-order valence-electron chi connectivity index (χ4n) is 0. The molecule has 10 heavy (non-hydrogen) atoms. The molecule has 0 fully saturated rings. The SMILES string of the molecule is O=P(O)(O)O.[O]=[W](=[O])[O-].[Rb+]. The Labute approximate surface area is 111 Å². The van der Waals surface area contributed by atoms with Crippen LogP contribution in [0.25, 0.3) is 0 Å². The fourth-order valence-corrected chi connectivity index (χ4v) is 0. The van der Waals surface area contributed by atoms with Crippen LogP contribution in [0, 0.1) is 0 Å². The van der Waals surface area contributed by atoms with E-state index in [-0.39, 0.29) is 58.2 Å². The molecule has 3 N–H and O–H groups in total. The van der Waals surface area contributed by atoms with Crippen molar-refractivity contribution in [2.45, 2.75) is 0 Å². The van der Waals surface area contributed by atoms with Crippen molar-refractivity contribution < 1.29 is 106 Å². The van der Waals surface area contributed by atoms with E-state index in [1.807, 2.05) is 0 Å². The first-order chi connectivity index (χ1) is 3.73. The molecule has 0 radical (unpaired) electrons. The predicted octanol–water partition coefficient (Wildman–Crippen LogP) is -5.35. The molecule has 0 saturated carbocycles. The summed E-state index contributed by atoms with van der Waals surface area (Å²) in [5, 5.41) is 0. The van der Waals surface area contributed by atoms with Crippen LogP contribution in [0.5, 0.6) is 0 Å². The van der Waals surface area contributed by atoms with Gasteiger partial charge in [0.2, 0.25) is 0 Å². The summed E-state index contributed by atoms with van der Waals surface area (Å²) in [6, 6.07) is 0. The summed E-state index contributed by atoms with van der Waals surface area (Å²) in [4.78, 5) is 21.6. The molecule has 0 aromatic carbocycles. The molecule has 0 rings (SSSR count). The minimum Gasteiger partial charge on any atom is 1.00 e. The van der Waals surface area contributed by atoms with Gasteiger partial charge in [0.05, 0.1) is 0 Å². The van der Waals surface area contributed by atoms with Crippen molar-refractivity contribution in [2.75, 3.05) is 0 Å². The molecule has 10 heteroatoms. The molecule has 0 atom stereocenters. The fraction of sp³-hybridized carbons (Fsp3) is 0. The van der Waals surface area contributed by atoms with E-state index in [0.29, 0.717) is 0 Å². The Morgan fingerprint density at radius 3 is 1.20 bits per heavy atom. The Morgan fingerprint density at radius 1 is 1.20 bits per heavy atom. The maximum Gasteiger partial charge on any atom is 1.00 e. The van der Waals surface area contributed by atoms with Gasteiger partial charge < -0.3 is 14.7 Å². The molecule has 0 bridgehead atoms. The summed E-state index contributed by atoms with van der Waals surface area (Å²) < 4.78 is 34.7. The van der Waals surface area contributed by atoms with E-state index in [2.05, 4.69) is 0 Å². The summed E-state index contributed by atoms with van der Waals surface area (Å²) in [6.07, 6.45) is 0. The van der Waals surface area contributed by atoms with Crippen LogP contribution in [0.3, 0.4) is 0 Å². The van der Waals surface area contributed by atoms with Gasteiger partial charge in [0, 0.05) is 0 Å². The van der Waals surface area contributed by atoms with Crippen LogP contribution in [0.4, 0.5) is 0 Å². The summed E-state index contributed by atoms with van der Waals surface area (Å²) in [6.45, 7) is 0. The second-order valence-electron chi connectivity index (χ2n) is 0.717. The molecule has 7 nitrogen and oxygen atoms in total. The molecule has 0 heterocycles. The summed E-state index contributed by atoms with van der Waals surface area (Å²) in [5.41, 5.74) is 0. The van der Waals surface area contributed by atoms with Crippen molar-refractivity contribution in [1.29, 1.82) is 0 Å². The minimum atomic E-state index is -4.64. The van der Waals surface area contributed by atoms with Gasteiger partial charge >= 0.3 is 94.2 Å². The third kappa shape index (κ3) is 182. The van der Waals surface area contributed by atoms with Gasteiger partial charge in [-0.3, -0.25) is 0 Å². The van der Waals surface area contributed by atoms with Gasteiger partial charge in [-0.15, -0.1) is 0 Å². The first-order valence-corrected chi connectivity index (χ1v) is 6.44. The maximum atomic E-state index is 8.88. The monoisotopic (exact) mass is 415 g/mol. The topological polar surface area (TPSA) is 135 Å². The number of hydrogen-bond acceptors (Lipinski definition) is 4. The van der Waals surface area contributed by atoms with Crippen LogP contribution in [0.1, 0.15) is 0 Å². The van der Waals surface area contributed by atoms with Crippen LogP contribution in [-0.4, -0.2) is 14.7 Å². The smallest absolute Gasteiger partial charge is 1.00 e. The van der Waals surface area contributed by atoms with Gasteiger partial charge in [0.25, 0.3) is 0 Å². The van der Waals surface area contributed by atoms with Gasteiger partial charge in [0.15, 0.2) is 0 Å². The summed E-state index contributed by atoms with van der Waals surface area (Å²) >= 11 is -4.28. The van der Waals surface area contributed by atoms with Crippen LogP contribution in [0.2, 0.25) is 0 Å². The van der Waals surface area contributed by atoms with E-state index in [1.54, 1.807) is 0 Å². The molecule has 0 amide bonds. The molecule has 0 aromatic rings. The number of phosphoric acid groups is 1. The predicted molar refractivity (Wildman–Crippen MR) is 15.6 cm³/mol. The number of rotatable bonds is 0. The zero-order valence-electron chi connectivity index (χ0n) is 4.83. The normalized spacial score (nSPS) is 8.40. The standard InChI is InChI=1S/H3O4P.3O.Rb.W/c1-5(2,3)4;;;;;/h(H3,1,2,3,4);;;;;/q;;;-1;+1;. The Balaban J connectivity index is -0.0000000910. The van der Waals surface area contributed by atoms with E-state index in [1.165, 1.54) is 0 Å². The van der Waals surface area contributed by atoms with Crippen molar-refractivity contribution in [3.8, 4) is 0 Å².